The molecule has 0 spiro atoms. The van der Waals surface area contributed by atoms with Crippen molar-refractivity contribution >= 4 is 22.6 Å². The van der Waals surface area contributed by atoms with E-state index in [1.807, 2.05) is 6.07 Å². The summed E-state index contributed by atoms with van der Waals surface area (Å²) in [6.07, 6.45) is 0. The second kappa shape index (κ2) is 5.23. The molecule has 0 atom stereocenters. The van der Waals surface area contributed by atoms with Gasteiger partial charge < -0.3 is 9.72 Å². The van der Waals surface area contributed by atoms with Crippen LogP contribution in [-0.4, -0.2) is 21.9 Å². The van der Waals surface area contributed by atoms with Gasteiger partial charge in [0, 0.05) is 7.11 Å². The number of nitrogens with zero attached hydrogens (tertiary/aromatic N) is 1. The molecule has 2 heterocycles. The van der Waals surface area contributed by atoms with Gasteiger partial charge in [-0.3, -0.25) is 14.7 Å². The number of nitrogens with one attached hydrogen (secondary N) is 2. The molecule has 6 nitrogen and oxygen atoms in total. The van der Waals surface area contributed by atoms with Crippen LogP contribution in [0.4, 0.5) is 0 Å². The van der Waals surface area contributed by atoms with Gasteiger partial charge in [-0.1, -0.05) is 29.8 Å². The van der Waals surface area contributed by atoms with Crippen molar-refractivity contribution in [1.29, 1.82) is 0 Å². The quantitative estimate of drug-likeness (QED) is 0.774. The third-order valence-corrected chi connectivity index (χ3v) is 3.56. The molecule has 2 N–H and O–H groups in total. The Bertz CT molecular complexity index is 909. The number of H-pyrrole nitrogens is 2. The lowest BCUT2D eigenvalue weighted by Crippen LogP contribution is -2.19. The third-order valence-electron chi connectivity index (χ3n) is 3.16. The third kappa shape index (κ3) is 2.18. The van der Waals surface area contributed by atoms with Crippen LogP contribution in [0.25, 0.3) is 16.7 Å². The lowest BCUT2D eigenvalue weighted by Gasteiger charge is -2.02. The molecular formula is C14H12ClN3O3. The average molecular weight is 306 g/mol. The average Bonchev–Trinajstić information content (AvgIpc) is 2.82. The molecule has 0 fully saturated rings. The zero-order chi connectivity index (χ0) is 15.0. The number of hydrogen-bond acceptors (Lipinski definition) is 3. The number of benzene rings is 1. The van der Waals surface area contributed by atoms with Gasteiger partial charge in [0.15, 0.2) is 0 Å². The molecule has 3 rings (SSSR count). The first-order valence-electron chi connectivity index (χ1n) is 6.23. The summed E-state index contributed by atoms with van der Waals surface area (Å²) in [5, 5.41) is 2.86. The maximum Gasteiger partial charge on any atom is 0.284 e. The second-order valence-corrected chi connectivity index (χ2v) is 4.90. The number of ether oxygens (including phenoxy) is 1. The fourth-order valence-electron chi connectivity index (χ4n) is 2.19. The summed E-state index contributed by atoms with van der Waals surface area (Å²) >= 11 is 5.99. The minimum atomic E-state index is -0.506. The van der Waals surface area contributed by atoms with E-state index in [9.17, 15) is 9.59 Å². The van der Waals surface area contributed by atoms with Gasteiger partial charge in [-0.15, -0.1) is 0 Å². The molecule has 2 aromatic heterocycles. The van der Waals surface area contributed by atoms with Gasteiger partial charge in [0.05, 0.1) is 18.0 Å². The zero-order valence-electron chi connectivity index (χ0n) is 11.1. The smallest absolute Gasteiger partial charge is 0.284 e. The van der Waals surface area contributed by atoms with E-state index in [0.717, 1.165) is 0 Å². The Morgan fingerprint density at radius 2 is 1.95 bits per heavy atom. The van der Waals surface area contributed by atoms with Gasteiger partial charge in [-0.2, -0.15) is 0 Å². The zero-order valence-corrected chi connectivity index (χ0v) is 11.9. The minimum Gasteiger partial charge on any atom is -0.378 e. The highest BCUT2D eigenvalue weighted by atomic mass is 35.5. The molecule has 7 heteroatoms. The van der Waals surface area contributed by atoms with Crippen LogP contribution in [0.1, 0.15) is 5.69 Å². The number of hydrogen-bond donors (Lipinski definition) is 2. The second-order valence-electron chi connectivity index (χ2n) is 4.52. The van der Waals surface area contributed by atoms with Crippen LogP contribution in [0.2, 0.25) is 5.02 Å². The Balaban J connectivity index is 2.33. The van der Waals surface area contributed by atoms with E-state index >= 15 is 0 Å². The van der Waals surface area contributed by atoms with Gasteiger partial charge in [-0.05, 0) is 12.1 Å². The number of aromatic amines is 2. The first-order valence-corrected chi connectivity index (χ1v) is 6.61. The lowest BCUT2D eigenvalue weighted by atomic mass is 10.3. The number of rotatable bonds is 3. The summed E-state index contributed by atoms with van der Waals surface area (Å²) in [4.78, 5) is 27.6. The van der Waals surface area contributed by atoms with E-state index in [1.54, 1.807) is 24.3 Å². The Kier molecular flexibility index (Phi) is 3.40. The van der Waals surface area contributed by atoms with Crippen molar-refractivity contribution in [3.63, 3.8) is 0 Å². The Labute approximate surface area is 123 Å². The minimum absolute atomic E-state index is 0.00343. The Hall–Kier alpha value is -2.31. The SMILES string of the molecule is COCc1[nH]c2[nH]n(-c3ccccc3)c(=O)c2c(=O)c1Cl. The van der Waals surface area contributed by atoms with Crippen molar-refractivity contribution in [3.05, 3.63) is 61.6 Å². The molecule has 0 radical (unpaired) electrons. The molecular weight excluding hydrogens is 294 g/mol. The van der Waals surface area contributed by atoms with E-state index in [0.29, 0.717) is 17.0 Å². The predicted molar refractivity (Wildman–Crippen MR) is 80.2 cm³/mol. The summed E-state index contributed by atoms with van der Waals surface area (Å²) in [5.74, 6) is 0. The largest absolute Gasteiger partial charge is 0.378 e. The first-order chi connectivity index (χ1) is 10.1. The van der Waals surface area contributed by atoms with E-state index in [2.05, 4.69) is 10.1 Å². The topological polar surface area (TPSA) is 79.9 Å². The normalized spacial score (nSPS) is 11.1. The number of methoxy groups -OCH3 is 1. The maximum absolute atomic E-state index is 12.4. The molecule has 0 aliphatic heterocycles. The van der Waals surface area contributed by atoms with Crippen molar-refractivity contribution in [3.8, 4) is 5.69 Å². The van der Waals surface area contributed by atoms with E-state index in [4.69, 9.17) is 16.3 Å². The molecule has 0 aliphatic rings. The predicted octanol–water partition coefficient (Wildman–Crippen LogP) is 1.81. The molecule has 1 aromatic carbocycles. The van der Waals surface area contributed by atoms with Crippen molar-refractivity contribution in [1.82, 2.24) is 14.8 Å². The Morgan fingerprint density at radius 3 is 2.62 bits per heavy atom. The number of halogens is 1. The van der Waals surface area contributed by atoms with Crippen LogP contribution in [0.3, 0.4) is 0 Å². The molecule has 0 saturated heterocycles. The van der Waals surface area contributed by atoms with Crippen molar-refractivity contribution in [2.24, 2.45) is 0 Å². The number of pyridine rings is 1. The van der Waals surface area contributed by atoms with Crippen molar-refractivity contribution in [2.45, 2.75) is 6.61 Å². The standard InChI is InChI=1S/C14H12ClN3O3/c1-21-7-9-11(15)12(19)10-13(16-9)17-18(14(10)20)8-5-3-2-4-6-8/h2-6H,7H2,1H3,(H2,16,17,19). The molecule has 3 aromatic rings. The number of aromatic nitrogens is 3. The van der Waals surface area contributed by atoms with Crippen LogP contribution >= 0.6 is 11.6 Å². The molecule has 0 amide bonds. The monoisotopic (exact) mass is 305 g/mol. The molecule has 0 unspecified atom stereocenters. The summed E-state index contributed by atoms with van der Waals surface area (Å²) in [6.45, 7) is 0.155. The number of fused-ring (bicyclic) bond motifs is 1. The molecule has 0 bridgehead atoms. The molecule has 0 aliphatic carbocycles. The highest BCUT2D eigenvalue weighted by Crippen LogP contribution is 2.14. The molecule has 0 saturated carbocycles. The summed E-state index contributed by atoms with van der Waals surface area (Å²) in [7, 11) is 1.50. The highest BCUT2D eigenvalue weighted by molar-refractivity contribution is 6.31. The van der Waals surface area contributed by atoms with Crippen molar-refractivity contribution in [2.75, 3.05) is 7.11 Å². The summed E-state index contributed by atoms with van der Waals surface area (Å²) in [6, 6.07) is 8.98. The van der Waals surface area contributed by atoms with Gasteiger partial charge in [0.25, 0.3) is 5.56 Å². The van der Waals surface area contributed by atoms with Gasteiger partial charge in [0.1, 0.15) is 16.1 Å². The Morgan fingerprint density at radius 1 is 1.24 bits per heavy atom. The van der Waals surface area contributed by atoms with Crippen LogP contribution in [0.5, 0.6) is 0 Å². The van der Waals surface area contributed by atoms with Crippen LogP contribution in [0.15, 0.2) is 39.9 Å². The van der Waals surface area contributed by atoms with Gasteiger partial charge in [0.2, 0.25) is 5.43 Å². The highest BCUT2D eigenvalue weighted by Gasteiger charge is 2.17. The fraction of sp³-hybridized carbons (Fsp3) is 0.143. The maximum atomic E-state index is 12.4. The summed E-state index contributed by atoms with van der Waals surface area (Å²) in [5.41, 5.74) is 0.441. The van der Waals surface area contributed by atoms with Gasteiger partial charge in [-0.25, -0.2) is 4.68 Å². The van der Waals surface area contributed by atoms with E-state index in [1.165, 1.54) is 11.8 Å². The van der Waals surface area contributed by atoms with Crippen molar-refractivity contribution < 1.29 is 4.74 Å². The number of para-hydroxylation sites is 1. The van der Waals surface area contributed by atoms with Crippen LogP contribution in [-0.2, 0) is 11.3 Å². The molecule has 21 heavy (non-hydrogen) atoms. The van der Waals surface area contributed by atoms with E-state index in [-0.39, 0.29) is 17.0 Å². The lowest BCUT2D eigenvalue weighted by molar-refractivity contribution is 0.182. The first kappa shape index (κ1) is 13.7. The van der Waals surface area contributed by atoms with Crippen LogP contribution in [0, 0.1) is 0 Å². The van der Waals surface area contributed by atoms with Crippen LogP contribution < -0.4 is 11.0 Å². The van der Waals surface area contributed by atoms with E-state index < -0.39 is 11.0 Å². The van der Waals surface area contributed by atoms with Gasteiger partial charge >= 0.3 is 0 Å². The molecule has 108 valence electrons. The summed E-state index contributed by atoms with van der Waals surface area (Å²) < 4.78 is 6.28. The fourth-order valence-corrected chi connectivity index (χ4v) is 2.39.